The molecule has 0 radical (unpaired) electrons. The summed E-state index contributed by atoms with van der Waals surface area (Å²) in [5, 5.41) is 4.80. The van der Waals surface area contributed by atoms with Gasteiger partial charge in [-0.15, -0.1) is 11.3 Å². The predicted molar refractivity (Wildman–Crippen MR) is 107 cm³/mol. The van der Waals surface area contributed by atoms with Crippen molar-refractivity contribution in [1.29, 1.82) is 0 Å². The number of nitrogens with zero attached hydrogens (tertiary/aromatic N) is 1. The molecule has 4 aromatic rings. The molecule has 4 rings (SSSR count). The molecule has 1 heterocycles. The van der Waals surface area contributed by atoms with E-state index in [1.54, 1.807) is 30.6 Å². The molecular formula is C21H16N2O3S. The highest BCUT2D eigenvalue weighted by Gasteiger charge is 2.20. The number of esters is 1. The zero-order valence-corrected chi connectivity index (χ0v) is 15.3. The maximum atomic E-state index is 12.5. The summed E-state index contributed by atoms with van der Waals surface area (Å²) < 4.78 is 6.24. The first-order valence-corrected chi connectivity index (χ1v) is 9.32. The molecule has 0 aliphatic carbocycles. The molecule has 0 aliphatic heterocycles. The molecule has 134 valence electrons. The minimum Gasteiger partial charge on any atom is -0.449 e. The van der Waals surface area contributed by atoms with E-state index in [0.717, 1.165) is 21.0 Å². The van der Waals surface area contributed by atoms with Gasteiger partial charge in [0.05, 0.1) is 21.3 Å². The minimum atomic E-state index is -0.923. The van der Waals surface area contributed by atoms with Crippen molar-refractivity contribution in [3.05, 3.63) is 71.7 Å². The second-order valence-electron chi connectivity index (χ2n) is 6.10. The van der Waals surface area contributed by atoms with Crippen LogP contribution in [-0.4, -0.2) is 23.0 Å². The fourth-order valence-electron chi connectivity index (χ4n) is 2.83. The van der Waals surface area contributed by atoms with Gasteiger partial charge in [-0.25, -0.2) is 9.78 Å². The minimum absolute atomic E-state index is 0.376. The Kier molecular flexibility index (Phi) is 4.56. The Morgan fingerprint density at radius 1 is 1.07 bits per heavy atom. The average Bonchev–Trinajstić information content (AvgIpc) is 3.16. The lowest BCUT2D eigenvalue weighted by molar-refractivity contribution is -0.123. The van der Waals surface area contributed by atoms with Crippen LogP contribution in [0.5, 0.6) is 0 Å². The first-order chi connectivity index (χ1) is 13.1. The summed E-state index contributed by atoms with van der Waals surface area (Å²) in [7, 11) is 0. The molecule has 0 bridgehead atoms. The number of hydrogen-bond donors (Lipinski definition) is 1. The van der Waals surface area contributed by atoms with Crippen molar-refractivity contribution in [2.75, 3.05) is 5.32 Å². The third kappa shape index (κ3) is 3.52. The fourth-order valence-corrected chi connectivity index (χ4v) is 3.55. The van der Waals surface area contributed by atoms with Crippen LogP contribution in [-0.2, 0) is 9.53 Å². The second kappa shape index (κ2) is 7.17. The highest BCUT2D eigenvalue weighted by molar-refractivity contribution is 7.16. The van der Waals surface area contributed by atoms with Gasteiger partial charge < -0.3 is 10.1 Å². The molecule has 6 heteroatoms. The Hall–Kier alpha value is -3.25. The molecular weight excluding hydrogens is 360 g/mol. The van der Waals surface area contributed by atoms with Crippen molar-refractivity contribution in [3.8, 4) is 0 Å². The van der Waals surface area contributed by atoms with Gasteiger partial charge in [0.1, 0.15) is 0 Å². The van der Waals surface area contributed by atoms with Crippen LogP contribution in [0.3, 0.4) is 0 Å². The number of benzene rings is 3. The van der Waals surface area contributed by atoms with Crippen molar-refractivity contribution >= 4 is 49.9 Å². The van der Waals surface area contributed by atoms with Crippen LogP contribution < -0.4 is 5.32 Å². The summed E-state index contributed by atoms with van der Waals surface area (Å²) in [6.07, 6.45) is -0.923. The zero-order valence-electron chi connectivity index (χ0n) is 14.5. The number of ether oxygens (including phenoxy) is 1. The van der Waals surface area contributed by atoms with Crippen molar-refractivity contribution in [2.45, 2.75) is 13.0 Å². The number of carbonyl (C=O) groups is 2. The highest BCUT2D eigenvalue weighted by atomic mass is 32.1. The number of fused-ring (bicyclic) bond motifs is 2. The van der Waals surface area contributed by atoms with E-state index < -0.39 is 12.1 Å². The van der Waals surface area contributed by atoms with Gasteiger partial charge in [0, 0.05) is 11.1 Å². The molecule has 1 unspecified atom stereocenters. The van der Waals surface area contributed by atoms with Gasteiger partial charge in [-0.1, -0.05) is 36.4 Å². The molecule has 0 saturated heterocycles. The second-order valence-corrected chi connectivity index (χ2v) is 6.98. The summed E-state index contributed by atoms with van der Waals surface area (Å²) in [6.45, 7) is 1.56. The number of rotatable bonds is 4. The SMILES string of the molecule is CC(OC(=O)c1ccc2ncsc2c1)C(=O)Nc1cccc2ccccc12. The van der Waals surface area contributed by atoms with E-state index in [0.29, 0.717) is 11.3 Å². The summed E-state index contributed by atoms with van der Waals surface area (Å²) in [5.41, 5.74) is 3.64. The smallest absolute Gasteiger partial charge is 0.338 e. The quantitative estimate of drug-likeness (QED) is 0.527. The Morgan fingerprint density at radius 2 is 1.89 bits per heavy atom. The Balaban J connectivity index is 1.47. The van der Waals surface area contributed by atoms with E-state index in [-0.39, 0.29) is 5.91 Å². The topological polar surface area (TPSA) is 68.3 Å². The largest absolute Gasteiger partial charge is 0.449 e. The number of carbonyl (C=O) groups excluding carboxylic acids is 2. The number of amides is 1. The van der Waals surface area contributed by atoms with E-state index in [2.05, 4.69) is 10.3 Å². The van der Waals surface area contributed by atoms with Gasteiger partial charge in [-0.2, -0.15) is 0 Å². The third-order valence-corrected chi connectivity index (χ3v) is 5.06. The van der Waals surface area contributed by atoms with Crippen LogP contribution in [0.1, 0.15) is 17.3 Å². The van der Waals surface area contributed by atoms with Gasteiger partial charge in [0.25, 0.3) is 5.91 Å². The number of nitrogens with one attached hydrogen (secondary N) is 1. The molecule has 5 nitrogen and oxygen atoms in total. The number of anilines is 1. The van der Waals surface area contributed by atoms with E-state index in [9.17, 15) is 9.59 Å². The maximum absolute atomic E-state index is 12.5. The molecule has 0 saturated carbocycles. The fraction of sp³-hybridized carbons (Fsp3) is 0.0952. The van der Waals surface area contributed by atoms with E-state index in [4.69, 9.17) is 4.74 Å². The van der Waals surface area contributed by atoms with Crippen LogP contribution in [0, 0.1) is 0 Å². The lowest BCUT2D eigenvalue weighted by Crippen LogP contribution is -2.30. The molecule has 1 aromatic heterocycles. The summed E-state index contributed by atoms with van der Waals surface area (Å²) in [5.74, 6) is -0.913. The summed E-state index contributed by atoms with van der Waals surface area (Å²) in [6, 6.07) is 18.6. The first kappa shape index (κ1) is 17.2. The van der Waals surface area contributed by atoms with Gasteiger partial charge in [-0.05, 0) is 36.6 Å². The Labute approximate surface area is 159 Å². The lowest BCUT2D eigenvalue weighted by atomic mass is 10.1. The van der Waals surface area contributed by atoms with Crippen LogP contribution in [0.25, 0.3) is 21.0 Å². The molecule has 0 fully saturated rings. The Morgan fingerprint density at radius 3 is 2.78 bits per heavy atom. The normalized spacial score (nSPS) is 12.0. The number of aromatic nitrogens is 1. The molecule has 0 aliphatic rings. The van der Waals surface area contributed by atoms with Gasteiger partial charge in [0.2, 0.25) is 0 Å². The van der Waals surface area contributed by atoms with Crippen molar-refractivity contribution in [1.82, 2.24) is 4.98 Å². The molecule has 1 amide bonds. The molecule has 1 atom stereocenters. The standard InChI is InChI=1S/C21H16N2O3S/c1-13(26-21(25)15-9-10-18-19(11-15)27-12-22-18)20(24)23-17-8-4-6-14-5-2-3-7-16(14)17/h2-13H,1H3,(H,23,24). The van der Waals surface area contributed by atoms with Crippen LogP contribution in [0.4, 0.5) is 5.69 Å². The monoisotopic (exact) mass is 376 g/mol. The van der Waals surface area contributed by atoms with Crippen LogP contribution in [0.15, 0.2) is 66.2 Å². The average molecular weight is 376 g/mol. The first-order valence-electron chi connectivity index (χ1n) is 8.45. The zero-order chi connectivity index (χ0) is 18.8. The van der Waals surface area contributed by atoms with Gasteiger partial charge >= 0.3 is 5.97 Å². The van der Waals surface area contributed by atoms with Crippen LogP contribution >= 0.6 is 11.3 Å². The maximum Gasteiger partial charge on any atom is 0.338 e. The number of hydrogen-bond acceptors (Lipinski definition) is 5. The Bertz CT molecular complexity index is 1150. The van der Waals surface area contributed by atoms with Crippen molar-refractivity contribution in [2.24, 2.45) is 0 Å². The summed E-state index contributed by atoms with van der Waals surface area (Å²) >= 11 is 1.45. The molecule has 1 N–H and O–H groups in total. The van der Waals surface area contributed by atoms with E-state index in [1.165, 1.54) is 11.3 Å². The third-order valence-electron chi connectivity index (χ3n) is 4.27. The van der Waals surface area contributed by atoms with Crippen LogP contribution in [0.2, 0.25) is 0 Å². The number of thiazole rings is 1. The van der Waals surface area contributed by atoms with Gasteiger partial charge in [0.15, 0.2) is 6.10 Å². The van der Waals surface area contributed by atoms with Gasteiger partial charge in [-0.3, -0.25) is 4.79 Å². The van der Waals surface area contributed by atoms with E-state index >= 15 is 0 Å². The van der Waals surface area contributed by atoms with Crippen molar-refractivity contribution in [3.63, 3.8) is 0 Å². The lowest BCUT2D eigenvalue weighted by Gasteiger charge is -2.15. The predicted octanol–water partition coefficient (Wildman–Crippen LogP) is 4.63. The molecule has 3 aromatic carbocycles. The molecule has 0 spiro atoms. The summed E-state index contributed by atoms with van der Waals surface area (Å²) in [4.78, 5) is 29.1. The van der Waals surface area contributed by atoms with E-state index in [1.807, 2.05) is 42.5 Å². The van der Waals surface area contributed by atoms with Crippen molar-refractivity contribution < 1.29 is 14.3 Å². The molecule has 27 heavy (non-hydrogen) atoms. The highest BCUT2D eigenvalue weighted by Crippen LogP contribution is 2.23.